The van der Waals surface area contributed by atoms with Gasteiger partial charge in [-0.3, -0.25) is 9.88 Å². The normalized spacial score (nSPS) is 17.6. The second-order valence-corrected chi connectivity index (χ2v) is 7.65. The Morgan fingerprint density at radius 3 is 2.83 bits per heavy atom. The van der Waals surface area contributed by atoms with Crippen molar-refractivity contribution < 1.29 is 4.74 Å². The molecular weight excluding hydrogens is 360 g/mol. The van der Waals surface area contributed by atoms with Crippen molar-refractivity contribution in [3.05, 3.63) is 83.9 Å². The zero-order valence-corrected chi connectivity index (χ0v) is 16.5. The first-order chi connectivity index (χ1) is 14.3. The standard InChI is InChI=1S/C24H24N4O/c1-17-6-8-19(9-7-17)22-14-26-24(27-22)23-16-29-11-10-28(23)15-18-12-20-4-2-3-5-21(20)25-13-18/h2-9,12-14,23H,10-11,15-16H2,1H3,(H,26,27)/t23-/m0/s1. The molecule has 2 aromatic heterocycles. The Balaban J connectivity index is 1.39. The molecule has 1 saturated heterocycles. The van der Waals surface area contributed by atoms with Gasteiger partial charge >= 0.3 is 0 Å². The predicted octanol–water partition coefficient (Wildman–Crippen LogP) is 4.51. The minimum atomic E-state index is 0.106. The maximum absolute atomic E-state index is 5.79. The van der Waals surface area contributed by atoms with Gasteiger partial charge in [-0.15, -0.1) is 0 Å². The summed E-state index contributed by atoms with van der Waals surface area (Å²) in [6.07, 6.45) is 3.90. The molecule has 0 saturated carbocycles. The number of hydrogen-bond donors (Lipinski definition) is 1. The third-order valence-corrected chi connectivity index (χ3v) is 5.55. The van der Waals surface area contributed by atoms with Gasteiger partial charge in [0.15, 0.2) is 0 Å². The molecule has 1 N–H and O–H groups in total. The molecule has 5 heteroatoms. The number of benzene rings is 2. The number of nitrogens with zero attached hydrogens (tertiary/aromatic N) is 3. The number of hydrogen-bond acceptors (Lipinski definition) is 4. The number of fused-ring (bicyclic) bond motifs is 1. The number of pyridine rings is 1. The van der Waals surface area contributed by atoms with Crippen LogP contribution in [0.1, 0.15) is 23.0 Å². The number of para-hydroxylation sites is 1. The Morgan fingerprint density at radius 1 is 1.07 bits per heavy atom. The molecule has 29 heavy (non-hydrogen) atoms. The van der Waals surface area contributed by atoms with E-state index in [0.717, 1.165) is 42.3 Å². The zero-order valence-electron chi connectivity index (χ0n) is 16.5. The van der Waals surface area contributed by atoms with Gasteiger partial charge in [0.05, 0.1) is 36.7 Å². The van der Waals surface area contributed by atoms with E-state index in [1.165, 1.54) is 16.5 Å². The van der Waals surface area contributed by atoms with Gasteiger partial charge in [-0.25, -0.2) is 4.98 Å². The van der Waals surface area contributed by atoms with Crippen molar-refractivity contribution in [3.63, 3.8) is 0 Å². The third kappa shape index (κ3) is 3.79. The number of ether oxygens (including phenoxy) is 1. The first-order valence-electron chi connectivity index (χ1n) is 10.0. The van der Waals surface area contributed by atoms with Gasteiger partial charge in [0, 0.05) is 24.7 Å². The fourth-order valence-corrected chi connectivity index (χ4v) is 3.90. The summed E-state index contributed by atoms with van der Waals surface area (Å²) in [5.74, 6) is 0.953. The highest BCUT2D eigenvalue weighted by Crippen LogP contribution is 2.27. The van der Waals surface area contributed by atoms with E-state index in [1.54, 1.807) is 0 Å². The molecule has 1 aliphatic heterocycles. The molecule has 0 bridgehead atoms. The van der Waals surface area contributed by atoms with Crippen molar-refractivity contribution in [2.75, 3.05) is 19.8 Å². The average molecular weight is 384 g/mol. The summed E-state index contributed by atoms with van der Waals surface area (Å²) in [7, 11) is 0. The van der Waals surface area contributed by atoms with Gasteiger partial charge in [0.1, 0.15) is 5.82 Å². The van der Waals surface area contributed by atoms with Crippen LogP contribution >= 0.6 is 0 Å². The van der Waals surface area contributed by atoms with E-state index in [4.69, 9.17) is 4.74 Å². The number of morpholine rings is 1. The Labute approximate surface area is 170 Å². The molecule has 0 radical (unpaired) electrons. The number of imidazole rings is 1. The highest BCUT2D eigenvalue weighted by molar-refractivity contribution is 5.78. The van der Waals surface area contributed by atoms with E-state index in [2.05, 4.69) is 69.2 Å². The molecule has 3 heterocycles. The Morgan fingerprint density at radius 2 is 1.93 bits per heavy atom. The van der Waals surface area contributed by atoms with Crippen LogP contribution < -0.4 is 0 Å². The smallest absolute Gasteiger partial charge is 0.126 e. The lowest BCUT2D eigenvalue weighted by Crippen LogP contribution is -2.39. The van der Waals surface area contributed by atoms with E-state index in [0.29, 0.717) is 6.61 Å². The van der Waals surface area contributed by atoms with Gasteiger partial charge < -0.3 is 9.72 Å². The van der Waals surface area contributed by atoms with E-state index < -0.39 is 0 Å². The van der Waals surface area contributed by atoms with Crippen LogP contribution in [0.15, 0.2) is 67.0 Å². The van der Waals surface area contributed by atoms with Gasteiger partial charge in [-0.1, -0.05) is 48.0 Å². The van der Waals surface area contributed by atoms with Gasteiger partial charge in [-0.05, 0) is 30.2 Å². The molecule has 146 valence electrons. The van der Waals surface area contributed by atoms with Crippen LogP contribution in [0.25, 0.3) is 22.2 Å². The molecule has 0 spiro atoms. The highest BCUT2D eigenvalue weighted by Gasteiger charge is 2.27. The molecule has 2 aromatic carbocycles. The van der Waals surface area contributed by atoms with Crippen LogP contribution in [-0.4, -0.2) is 39.6 Å². The van der Waals surface area contributed by atoms with Crippen LogP contribution in [-0.2, 0) is 11.3 Å². The molecule has 4 aromatic rings. The van der Waals surface area contributed by atoms with Crippen LogP contribution in [0.3, 0.4) is 0 Å². The van der Waals surface area contributed by atoms with Crippen LogP contribution in [0, 0.1) is 6.92 Å². The van der Waals surface area contributed by atoms with E-state index >= 15 is 0 Å². The SMILES string of the molecule is Cc1ccc(-c2cnc([C@@H]3COCCN3Cc3cnc4ccccc4c3)[nH]2)cc1. The second-order valence-electron chi connectivity index (χ2n) is 7.65. The number of H-pyrrole nitrogens is 1. The van der Waals surface area contributed by atoms with Crippen molar-refractivity contribution in [2.24, 2.45) is 0 Å². The number of aromatic amines is 1. The number of nitrogens with one attached hydrogen (secondary N) is 1. The van der Waals surface area contributed by atoms with Gasteiger partial charge in [0.25, 0.3) is 0 Å². The lowest BCUT2D eigenvalue weighted by molar-refractivity contribution is -0.0156. The molecule has 0 aliphatic carbocycles. The summed E-state index contributed by atoms with van der Waals surface area (Å²) in [6.45, 7) is 5.18. The number of rotatable bonds is 4. The second kappa shape index (κ2) is 7.78. The summed E-state index contributed by atoms with van der Waals surface area (Å²) in [6, 6.07) is 19.1. The highest BCUT2D eigenvalue weighted by atomic mass is 16.5. The van der Waals surface area contributed by atoms with Gasteiger partial charge in [0.2, 0.25) is 0 Å². The van der Waals surface area contributed by atoms with Crippen molar-refractivity contribution in [3.8, 4) is 11.3 Å². The maximum Gasteiger partial charge on any atom is 0.126 e. The van der Waals surface area contributed by atoms with Gasteiger partial charge in [-0.2, -0.15) is 0 Å². The largest absolute Gasteiger partial charge is 0.378 e. The van der Waals surface area contributed by atoms with Crippen molar-refractivity contribution in [1.29, 1.82) is 0 Å². The summed E-state index contributed by atoms with van der Waals surface area (Å²) in [5.41, 5.74) is 5.68. The fourth-order valence-electron chi connectivity index (χ4n) is 3.90. The van der Waals surface area contributed by atoms with Crippen molar-refractivity contribution in [1.82, 2.24) is 19.9 Å². The summed E-state index contributed by atoms with van der Waals surface area (Å²) >= 11 is 0. The van der Waals surface area contributed by atoms with Crippen LogP contribution in [0.5, 0.6) is 0 Å². The van der Waals surface area contributed by atoms with Crippen LogP contribution in [0.4, 0.5) is 0 Å². The number of aromatic nitrogens is 3. The van der Waals surface area contributed by atoms with Crippen molar-refractivity contribution in [2.45, 2.75) is 19.5 Å². The lowest BCUT2D eigenvalue weighted by atomic mass is 10.1. The predicted molar refractivity (Wildman–Crippen MR) is 114 cm³/mol. The molecule has 5 rings (SSSR count). The zero-order chi connectivity index (χ0) is 19.6. The fraction of sp³-hybridized carbons (Fsp3) is 0.250. The molecule has 0 unspecified atom stereocenters. The minimum absolute atomic E-state index is 0.106. The average Bonchev–Trinajstić information content (AvgIpc) is 3.25. The Hall–Kier alpha value is -3.02. The Bertz CT molecular complexity index is 1120. The topological polar surface area (TPSA) is 54.0 Å². The summed E-state index contributed by atoms with van der Waals surface area (Å²) in [4.78, 5) is 15.2. The molecule has 1 aliphatic rings. The summed E-state index contributed by atoms with van der Waals surface area (Å²) in [5, 5.41) is 1.18. The maximum atomic E-state index is 5.79. The van der Waals surface area contributed by atoms with E-state index in [1.807, 2.05) is 24.5 Å². The number of aryl methyl sites for hydroxylation is 1. The summed E-state index contributed by atoms with van der Waals surface area (Å²) < 4.78 is 5.79. The van der Waals surface area contributed by atoms with Crippen LogP contribution in [0.2, 0.25) is 0 Å². The van der Waals surface area contributed by atoms with Crippen molar-refractivity contribution >= 4 is 10.9 Å². The molecule has 5 nitrogen and oxygen atoms in total. The van der Waals surface area contributed by atoms with E-state index in [-0.39, 0.29) is 6.04 Å². The molecule has 0 amide bonds. The van der Waals surface area contributed by atoms with E-state index in [9.17, 15) is 0 Å². The minimum Gasteiger partial charge on any atom is -0.378 e. The lowest BCUT2D eigenvalue weighted by Gasteiger charge is -2.34. The Kier molecular flexibility index (Phi) is 4.84. The molecule has 1 fully saturated rings. The first kappa shape index (κ1) is 18.0. The third-order valence-electron chi connectivity index (χ3n) is 5.55. The first-order valence-corrected chi connectivity index (χ1v) is 10.0. The molecular formula is C24H24N4O. The monoisotopic (exact) mass is 384 g/mol. The quantitative estimate of drug-likeness (QED) is 0.563. The molecule has 1 atom stereocenters.